The largest absolute Gasteiger partial charge is 0.243 e. The Kier molecular flexibility index (Phi) is 4.46. The van der Waals surface area contributed by atoms with Gasteiger partial charge in [0.25, 0.3) is 0 Å². The fourth-order valence-corrected chi connectivity index (χ4v) is 2.90. The maximum Gasteiger partial charge on any atom is 0.243 e. The lowest BCUT2D eigenvalue weighted by Gasteiger charge is -2.11. The Labute approximate surface area is 104 Å². The molecular formula is C10H10ClFN2O2S. The van der Waals surface area contributed by atoms with Crippen LogP contribution in [0, 0.1) is 17.1 Å². The standard InChI is InChI=1S/C10H10ClFN2O2S/c1-2-8(6-13)14-17(15,16)10-4-3-7(12)5-9(10)11/h3-5,8,14H,2H2,1H3/t8-/m1/s1. The zero-order valence-corrected chi connectivity index (χ0v) is 10.5. The summed E-state index contributed by atoms with van der Waals surface area (Å²) in [5.41, 5.74) is 0. The zero-order valence-electron chi connectivity index (χ0n) is 8.94. The number of nitriles is 1. The van der Waals surface area contributed by atoms with Crippen molar-refractivity contribution in [2.75, 3.05) is 0 Å². The third-order valence-corrected chi connectivity index (χ3v) is 4.00. The topological polar surface area (TPSA) is 70.0 Å². The number of rotatable bonds is 4. The van der Waals surface area contributed by atoms with Crippen molar-refractivity contribution in [2.45, 2.75) is 24.3 Å². The lowest BCUT2D eigenvalue weighted by atomic mass is 10.3. The Morgan fingerprint density at radius 2 is 2.24 bits per heavy atom. The van der Waals surface area contributed by atoms with Crippen LogP contribution in [0.4, 0.5) is 4.39 Å². The van der Waals surface area contributed by atoms with Gasteiger partial charge >= 0.3 is 0 Å². The Morgan fingerprint density at radius 1 is 1.59 bits per heavy atom. The van der Waals surface area contributed by atoms with Crippen molar-refractivity contribution in [3.63, 3.8) is 0 Å². The van der Waals surface area contributed by atoms with Crippen LogP contribution in [0.1, 0.15) is 13.3 Å². The molecule has 0 aliphatic heterocycles. The fraction of sp³-hybridized carbons (Fsp3) is 0.300. The van der Waals surface area contributed by atoms with Crippen molar-refractivity contribution in [3.05, 3.63) is 29.0 Å². The quantitative estimate of drug-likeness (QED) is 0.915. The highest BCUT2D eigenvalue weighted by Gasteiger charge is 2.21. The summed E-state index contributed by atoms with van der Waals surface area (Å²) in [4.78, 5) is -0.241. The van der Waals surface area contributed by atoms with E-state index in [4.69, 9.17) is 16.9 Å². The van der Waals surface area contributed by atoms with Crippen LogP contribution in [0.2, 0.25) is 5.02 Å². The molecule has 17 heavy (non-hydrogen) atoms. The molecule has 0 amide bonds. The summed E-state index contributed by atoms with van der Waals surface area (Å²) in [5.74, 6) is -0.624. The van der Waals surface area contributed by atoms with Crippen molar-refractivity contribution >= 4 is 21.6 Å². The second-order valence-electron chi connectivity index (χ2n) is 3.29. The van der Waals surface area contributed by atoms with Gasteiger partial charge in [-0.15, -0.1) is 0 Å². The van der Waals surface area contributed by atoms with Crippen molar-refractivity contribution in [2.24, 2.45) is 0 Å². The van der Waals surface area contributed by atoms with Gasteiger partial charge in [-0.05, 0) is 24.6 Å². The number of hydrogen-bond acceptors (Lipinski definition) is 3. The van der Waals surface area contributed by atoms with E-state index in [1.807, 2.05) is 0 Å². The minimum Gasteiger partial charge on any atom is -0.207 e. The lowest BCUT2D eigenvalue weighted by molar-refractivity contribution is 0.569. The third kappa shape index (κ3) is 3.40. The van der Waals surface area contributed by atoms with Crippen molar-refractivity contribution in [1.29, 1.82) is 5.26 Å². The molecule has 0 saturated heterocycles. The normalized spacial score (nSPS) is 13.1. The molecule has 0 aliphatic rings. The van der Waals surface area contributed by atoms with Crippen LogP contribution in [-0.2, 0) is 10.0 Å². The van der Waals surface area contributed by atoms with Crippen molar-refractivity contribution < 1.29 is 12.8 Å². The maximum absolute atomic E-state index is 12.8. The highest BCUT2D eigenvalue weighted by molar-refractivity contribution is 7.89. The first-order chi connectivity index (χ1) is 7.90. The number of benzene rings is 1. The first-order valence-electron chi connectivity index (χ1n) is 4.77. The van der Waals surface area contributed by atoms with Crippen LogP contribution in [0.5, 0.6) is 0 Å². The van der Waals surface area contributed by atoms with Crippen LogP contribution < -0.4 is 4.72 Å². The van der Waals surface area contributed by atoms with E-state index in [0.29, 0.717) is 6.42 Å². The minimum absolute atomic E-state index is 0.217. The Morgan fingerprint density at radius 3 is 2.71 bits per heavy atom. The number of sulfonamides is 1. The van der Waals surface area contributed by atoms with E-state index < -0.39 is 21.9 Å². The first-order valence-corrected chi connectivity index (χ1v) is 6.64. The smallest absolute Gasteiger partial charge is 0.207 e. The highest BCUT2D eigenvalue weighted by atomic mass is 35.5. The number of hydrogen-bond donors (Lipinski definition) is 1. The van der Waals surface area contributed by atoms with Gasteiger partial charge in [-0.2, -0.15) is 9.98 Å². The summed E-state index contributed by atoms with van der Waals surface area (Å²) < 4.78 is 38.6. The first kappa shape index (κ1) is 13.9. The van der Waals surface area contributed by atoms with Gasteiger partial charge in [-0.1, -0.05) is 18.5 Å². The summed E-state index contributed by atoms with van der Waals surface area (Å²) >= 11 is 5.64. The highest BCUT2D eigenvalue weighted by Crippen LogP contribution is 2.22. The molecule has 1 N–H and O–H groups in total. The van der Waals surface area contributed by atoms with Crippen LogP contribution in [0.15, 0.2) is 23.1 Å². The van der Waals surface area contributed by atoms with E-state index in [0.717, 1.165) is 18.2 Å². The molecule has 92 valence electrons. The van der Waals surface area contributed by atoms with Gasteiger partial charge in [0.2, 0.25) is 10.0 Å². The van der Waals surface area contributed by atoms with Gasteiger partial charge in [0, 0.05) is 0 Å². The van der Waals surface area contributed by atoms with Crippen LogP contribution in [-0.4, -0.2) is 14.5 Å². The van der Waals surface area contributed by atoms with E-state index >= 15 is 0 Å². The number of nitrogens with zero attached hydrogens (tertiary/aromatic N) is 1. The SMILES string of the molecule is CC[C@H](C#N)NS(=O)(=O)c1ccc(F)cc1Cl. The molecular weight excluding hydrogens is 267 g/mol. The molecule has 0 unspecified atom stereocenters. The fourth-order valence-electron chi connectivity index (χ4n) is 1.14. The average molecular weight is 277 g/mol. The molecule has 1 rings (SSSR count). The molecule has 7 heteroatoms. The lowest BCUT2D eigenvalue weighted by Crippen LogP contribution is -2.33. The van der Waals surface area contributed by atoms with E-state index in [9.17, 15) is 12.8 Å². The molecule has 0 bridgehead atoms. The summed E-state index contributed by atoms with van der Waals surface area (Å²) in [6, 6.07) is 3.93. The summed E-state index contributed by atoms with van der Waals surface area (Å²) in [6.07, 6.45) is 0.328. The predicted octanol–water partition coefficient (Wildman–Crippen LogP) is 2.06. The monoisotopic (exact) mass is 276 g/mol. The Balaban J connectivity index is 3.10. The molecule has 0 radical (unpaired) electrons. The van der Waals surface area contributed by atoms with E-state index in [-0.39, 0.29) is 9.92 Å². The average Bonchev–Trinajstić information content (AvgIpc) is 2.25. The Bertz CT molecular complexity index is 554. The minimum atomic E-state index is -3.90. The molecule has 0 fully saturated rings. The van der Waals surface area contributed by atoms with Gasteiger partial charge in [-0.3, -0.25) is 0 Å². The molecule has 0 aromatic heterocycles. The second-order valence-corrected chi connectivity index (χ2v) is 5.38. The van der Waals surface area contributed by atoms with E-state index in [1.165, 1.54) is 0 Å². The third-order valence-electron chi connectivity index (χ3n) is 2.04. The van der Waals surface area contributed by atoms with Crippen molar-refractivity contribution in [1.82, 2.24) is 4.72 Å². The molecule has 1 aromatic carbocycles. The molecule has 0 heterocycles. The number of halogens is 2. The predicted molar refractivity (Wildman–Crippen MR) is 61.4 cm³/mol. The molecule has 4 nitrogen and oxygen atoms in total. The van der Waals surface area contributed by atoms with Crippen molar-refractivity contribution in [3.8, 4) is 6.07 Å². The maximum atomic E-state index is 12.8. The molecule has 1 atom stereocenters. The summed E-state index contributed by atoms with van der Waals surface area (Å²) in [7, 11) is -3.90. The van der Waals surface area contributed by atoms with Gasteiger partial charge in [0.05, 0.1) is 11.1 Å². The zero-order chi connectivity index (χ0) is 13.1. The summed E-state index contributed by atoms with van der Waals surface area (Å²) in [5, 5.41) is 8.46. The van der Waals surface area contributed by atoms with Gasteiger partial charge in [-0.25, -0.2) is 12.8 Å². The van der Waals surface area contributed by atoms with E-state index in [2.05, 4.69) is 4.72 Å². The van der Waals surface area contributed by atoms with Crippen LogP contribution in [0.25, 0.3) is 0 Å². The summed E-state index contributed by atoms with van der Waals surface area (Å²) in [6.45, 7) is 1.67. The molecule has 1 aromatic rings. The van der Waals surface area contributed by atoms with Crippen LogP contribution >= 0.6 is 11.6 Å². The van der Waals surface area contributed by atoms with Gasteiger partial charge in [0.1, 0.15) is 16.8 Å². The molecule has 0 aliphatic carbocycles. The van der Waals surface area contributed by atoms with Crippen LogP contribution in [0.3, 0.4) is 0 Å². The van der Waals surface area contributed by atoms with Gasteiger partial charge < -0.3 is 0 Å². The second kappa shape index (κ2) is 5.45. The molecule has 0 saturated carbocycles. The number of nitrogens with one attached hydrogen (secondary N) is 1. The molecule has 0 spiro atoms. The van der Waals surface area contributed by atoms with E-state index in [1.54, 1.807) is 13.0 Å². The Hall–Kier alpha value is -1.16. The van der Waals surface area contributed by atoms with Gasteiger partial charge in [0.15, 0.2) is 0 Å².